The number of rotatable bonds is 2. The van der Waals surface area contributed by atoms with Crippen molar-refractivity contribution in [1.82, 2.24) is 5.16 Å². The van der Waals surface area contributed by atoms with E-state index >= 15 is 0 Å². The molecule has 3 aromatic rings. The van der Waals surface area contributed by atoms with E-state index in [2.05, 4.69) is 5.16 Å². The summed E-state index contributed by atoms with van der Waals surface area (Å²) in [6, 6.07) is 13.5. The van der Waals surface area contributed by atoms with E-state index in [-0.39, 0.29) is 0 Å². The number of hydrogen-bond acceptors (Lipinski definition) is 4. The Morgan fingerprint density at radius 3 is 2.50 bits per heavy atom. The quantitative estimate of drug-likeness (QED) is 0.744. The van der Waals surface area contributed by atoms with E-state index < -0.39 is 0 Å². The van der Waals surface area contributed by atoms with E-state index in [0.29, 0.717) is 17.3 Å². The fourth-order valence-electron chi connectivity index (χ4n) is 1.91. The van der Waals surface area contributed by atoms with Gasteiger partial charge in [-0.15, -0.1) is 0 Å². The van der Waals surface area contributed by atoms with Crippen LogP contribution in [0, 0.1) is 6.92 Å². The summed E-state index contributed by atoms with van der Waals surface area (Å²) in [4.78, 5) is 0. The highest BCUT2D eigenvalue weighted by atomic mass is 16.5. The zero-order valence-electron chi connectivity index (χ0n) is 9.88. The van der Waals surface area contributed by atoms with Crippen LogP contribution in [0.5, 0.6) is 0 Å². The molecule has 0 amide bonds. The smallest absolute Gasteiger partial charge is 0.212 e. The monoisotopic (exact) mass is 240 g/mol. The van der Waals surface area contributed by atoms with Crippen molar-refractivity contribution in [2.45, 2.75) is 6.92 Å². The second-order valence-electron chi connectivity index (χ2n) is 4.05. The number of aryl methyl sites for hydroxylation is 1. The van der Waals surface area contributed by atoms with Crippen LogP contribution in [0.3, 0.4) is 0 Å². The number of aromatic nitrogens is 1. The molecule has 2 heterocycles. The average molecular weight is 240 g/mol. The van der Waals surface area contributed by atoms with Crippen molar-refractivity contribution in [2.75, 3.05) is 5.73 Å². The van der Waals surface area contributed by atoms with Gasteiger partial charge in [-0.05, 0) is 24.6 Å². The Bertz CT molecular complexity index is 668. The molecule has 0 aliphatic rings. The maximum Gasteiger partial charge on any atom is 0.212 e. The molecule has 3 rings (SSSR count). The maximum absolute atomic E-state index is 5.87. The van der Waals surface area contributed by atoms with Gasteiger partial charge in [-0.1, -0.05) is 35.5 Å². The van der Waals surface area contributed by atoms with Gasteiger partial charge in [-0.3, -0.25) is 0 Å². The number of nitrogens with two attached hydrogens (primary N) is 1. The summed E-state index contributed by atoms with van der Waals surface area (Å²) >= 11 is 0. The predicted molar refractivity (Wildman–Crippen MR) is 68.8 cm³/mol. The Kier molecular flexibility index (Phi) is 2.41. The van der Waals surface area contributed by atoms with Gasteiger partial charge < -0.3 is 14.7 Å². The molecule has 0 aliphatic heterocycles. The first-order chi connectivity index (χ1) is 8.75. The topological polar surface area (TPSA) is 65.2 Å². The van der Waals surface area contributed by atoms with Crippen LogP contribution < -0.4 is 5.73 Å². The highest BCUT2D eigenvalue weighted by Gasteiger charge is 2.19. The van der Waals surface area contributed by atoms with Gasteiger partial charge in [0.1, 0.15) is 5.76 Å². The third kappa shape index (κ3) is 1.68. The van der Waals surface area contributed by atoms with Crippen molar-refractivity contribution in [3.63, 3.8) is 0 Å². The largest absolute Gasteiger partial charge is 0.458 e. The van der Waals surface area contributed by atoms with Crippen molar-refractivity contribution in [1.29, 1.82) is 0 Å². The van der Waals surface area contributed by atoms with Crippen LogP contribution in [-0.4, -0.2) is 5.16 Å². The molecule has 18 heavy (non-hydrogen) atoms. The van der Waals surface area contributed by atoms with Crippen molar-refractivity contribution in [3.05, 3.63) is 48.2 Å². The van der Waals surface area contributed by atoms with Gasteiger partial charge in [0, 0.05) is 0 Å². The molecule has 0 fully saturated rings. The lowest BCUT2D eigenvalue weighted by Crippen LogP contribution is -1.88. The highest BCUT2D eigenvalue weighted by Crippen LogP contribution is 2.36. The molecule has 1 aromatic carbocycles. The third-order valence-corrected chi connectivity index (χ3v) is 2.75. The molecule has 0 radical (unpaired) electrons. The molecule has 2 aromatic heterocycles. The molecule has 0 spiro atoms. The molecule has 0 unspecified atom stereocenters. The summed E-state index contributed by atoms with van der Waals surface area (Å²) < 4.78 is 10.8. The van der Waals surface area contributed by atoms with Crippen LogP contribution in [0.2, 0.25) is 0 Å². The lowest BCUT2D eigenvalue weighted by molar-refractivity contribution is 0.418. The minimum absolute atomic E-state index is 0.366. The first-order valence-corrected chi connectivity index (χ1v) is 5.63. The Morgan fingerprint density at radius 1 is 1.06 bits per heavy atom. The molecule has 2 N–H and O–H groups in total. The summed E-state index contributed by atoms with van der Waals surface area (Å²) in [5.41, 5.74) is 7.60. The fraction of sp³-hybridized carbons (Fsp3) is 0.0714. The second-order valence-corrected chi connectivity index (χ2v) is 4.05. The van der Waals surface area contributed by atoms with Crippen LogP contribution in [0.25, 0.3) is 22.6 Å². The van der Waals surface area contributed by atoms with E-state index in [4.69, 9.17) is 14.7 Å². The number of furan rings is 1. The molecule has 0 bridgehead atoms. The summed E-state index contributed by atoms with van der Waals surface area (Å²) in [7, 11) is 0. The van der Waals surface area contributed by atoms with Crippen LogP contribution in [-0.2, 0) is 0 Å². The highest BCUT2D eigenvalue weighted by molar-refractivity contribution is 5.84. The molecule has 0 saturated carbocycles. The SMILES string of the molecule is Cc1ccc(-c2onc(N)c2-c2ccccc2)o1. The Labute approximate surface area is 104 Å². The minimum Gasteiger partial charge on any atom is -0.458 e. The third-order valence-electron chi connectivity index (χ3n) is 2.75. The van der Waals surface area contributed by atoms with Gasteiger partial charge in [-0.2, -0.15) is 0 Å². The van der Waals surface area contributed by atoms with E-state index in [1.807, 2.05) is 49.4 Å². The van der Waals surface area contributed by atoms with E-state index in [1.54, 1.807) is 0 Å². The predicted octanol–water partition coefficient (Wildman–Crippen LogP) is 3.49. The van der Waals surface area contributed by atoms with Crippen LogP contribution in [0.4, 0.5) is 5.82 Å². The molecular weight excluding hydrogens is 228 g/mol. The maximum atomic E-state index is 5.87. The standard InChI is InChI=1S/C14H12N2O2/c1-9-7-8-11(17-9)13-12(14(15)16-18-13)10-5-3-2-4-6-10/h2-8H,1H3,(H2,15,16). The summed E-state index contributed by atoms with van der Waals surface area (Å²) in [5, 5.41) is 3.82. The fourth-order valence-corrected chi connectivity index (χ4v) is 1.91. The second kappa shape index (κ2) is 4.07. The van der Waals surface area contributed by atoms with Gasteiger partial charge in [0.2, 0.25) is 5.76 Å². The Balaban J connectivity index is 2.18. The first-order valence-electron chi connectivity index (χ1n) is 5.63. The first kappa shape index (κ1) is 10.7. The van der Waals surface area contributed by atoms with Gasteiger partial charge in [0.05, 0.1) is 5.56 Å². The van der Waals surface area contributed by atoms with Crippen LogP contribution in [0.1, 0.15) is 5.76 Å². The molecule has 0 atom stereocenters. The van der Waals surface area contributed by atoms with Crippen molar-refractivity contribution in [2.24, 2.45) is 0 Å². The Morgan fingerprint density at radius 2 is 1.83 bits per heavy atom. The van der Waals surface area contributed by atoms with Gasteiger partial charge in [0.15, 0.2) is 11.6 Å². The summed E-state index contributed by atoms with van der Waals surface area (Å²) in [6.45, 7) is 1.88. The van der Waals surface area contributed by atoms with E-state index in [9.17, 15) is 0 Å². The number of benzene rings is 1. The molecule has 0 aliphatic carbocycles. The van der Waals surface area contributed by atoms with Crippen molar-refractivity contribution >= 4 is 5.82 Å². The molecule has 90 valence electrons. The lowest BCUT2D eigenvalue weighted by atomic mass is 10.1. The van der Waals surface area contributed by atoms with Crippen LogP contribution in [0.15, 0.2) is 51.4 Å². The van der Waals surface area contributed by atoms with Crippen LogP contribution >= 0.6 is 0 Å². The van der Waals surface area contributed by atoms with E-state index in [1.165, 1.54) is 0 Å². The Hall–Kier alpha value is -2.49. The van der Waals surface area contributed by atoms with Crippen molar-refractivity contribution in [3.8, 4) is 22.6 Å². The minimum atomic E-state index is 0.366. The zero-order chi connectivity index (χ0) is 12.5. The zero-order valence-corrected chi connectivity index (χ0v) is 9.88. The number of nitrogens with zero attached hydrogens (tertiary/aromatic N) is 1. The van der Waals surface area contributed by atoms with Gasteiger partial charge in [-0.25, -0.2) is 0 Å². The summed E-state index contributed by atoms with van der Waals surface area (Å²) in [6.07, 6.45) is 0. The molecule has 4 nitrogen and oxygen atoms in total. The normalized spacial score (nSPS) is 10.7. The van der Waals surface area contributed by atoms with Gasteiger partial charge >= 0.3 is 0 Å². The van der Waals surface area contributed by atoms with Gasteiger partial charge in [0.25, 0.3) is 0 Å². The lowest BCUT2D eigenvalue weighted by Gasteiger charge is -2.00. The number of anilines is 1. The molecular formula is C14H12N2O2. The number of nitrogen functional groups attached to an aromatic ring is 1. The van der Waals surface area contributed by atoms with Crippen molar-refractivity contribution < 1.29 is 8.94 Å². The molecule has 4 heteroatoms. The average Bonchev–Trinajstić information content (AvgIpc) is 2.96. The number of hydrogen-bond donors (Lipinski definition) is 1. The summed E-state index contributed by atoms with van der Waals surface area (Å²) in [5.74, 6) is 2.38. The molecule has 0 saturated heterocycles. The van der Waals surface area contributed by atoms with E-state index in [0.717, 1.165) is 16.9 Å².